The van der Waals surface area contributed by atoms with Gasteiger partial charge in [0.1, 0.15) is 5.69 Å². The van der Waals surface area contributed by atoms with E-state index in [2.05, 4.69) is 4.72 Å². The summed E-state index contributed by atoms with van der Waals surface area (Å²) in [5.41, 5.74) is 6.78. The van der Waals surface area contributed by atoms with E-state index in [0.29, 0.717) is 5.56 Å². The zero-order valence-corrected chi connectivity index (χ0v) is 13.1. The number of nitrogens with one attached hydrogen (secondary N) is 1. The van der Waals surface area contributed by atoms with E-state index in [-0.39, 0.29) is 17.1 Å². The van der Waals surface area contributed by atoms with E-state index in [9.17, 15) is 18.5 Å². The number of aryl methyl sites for hydroxylation is 1. The van der Waals surface area contributed by atoms with E-state index in [0.717, 1.165) is 11.0 Å². The molecule has 0 aliphatic heterocycles. The number of benzene rings is 2. The number of anilines is 2. The second-order valence-electron chi connectivity index (χ2n) is 4.86. The molecule has 0 heterocycles. The zero-order chi connectivity index (χ0) is 17.0. The van der Waals surface area contributed by atoms with Gasteiger partial charge in [-0.05, 0) is 24.6 Å². The zero-order valence-electron chi connectivity index (χ0n) is 12.3. The lowest BCUT2D eigenvalue weighted by atomic mass is 10.2. The summed E-state index contributed by atoms with van der Waals surface area (Å²) < 4.78 is 26.3. The van der Waals surface area contributed by atoms with E-state index >= 15 is 0 Å². The molecule has 0 bridgehead atoms. The number of hydrogen-bond donors (Lipinski definition) is 2. The van der Waals surface area contributed by atoms with Gasteiger partial charge in [-0.1, -0.05) is 35.9 Å². The van der Waals surface area contributed by atoms with Gasteiger partial charge >= 0.3 is 0 Å². The lowest BCUT2D eigenvalue weighted by Gasteiger charge is -2.07. The van der Waals surface area contributed by atoms with E-state index in [1.54, 1.807) is 12.1 Å². The highest BCUT2D eigenvalue weighted by atomic mass is 32.2. The molecule has 2 rings (SSSR count). The number of nitrogens with zero attached hydrogens (tertiary/aromatic N) is 1. The summed E-state index contributed by atoms with van der Waals surface area (Å²) in [6.45, 7) is 1.93. The molecule has 0 aliphatic rings. The predicted octanol–water partition coefficient (Wildman–Crippen LogP) is 2.90. The first-order valence-corrected chi connectivity index (χ1v) is 8.13. The van der Waals surface area contributed by atoms with E-state index in [1.165, 1.54) is 24.3 Å². The Hall–Kier alpha value is -2.87. The summed E-state index contributed by atoms with van der Waals surface area (Å²) in [6.07, 6.45) is 1.43. The molecule has 0 atom stereocenters. The van der Waals surface area contributed by atoms with Crippen molar-refractivity contribution in [3.8, 4) is 0 Å². The van der Waals surface area contributed by atoms with Crippen LogP contribution in [0.25, 0.3) is 6.08 Å². The van der Waals surface area contributed by atoms with Gasteiger partial charge in [-0.15, -0.1) is 0 Å². The van der Waals surface area contributed by atoms with Gasteiger partial charge in [0.25, 0.3) is 15.7 Å². The number of nitro benzene ring substituents is 1. The number of para-hydroxylation sites is 1. The average Bonchev–Trinajstić information content (AvgIpc) is 2.48. The molecule has 0 spiro atoms. The second-order valence-corrected chi connectivity index (χ2v) is 6.42. The van der Waals surface area contributed by atoms with Gasteiger partial charge < -0.3 is 5.73 Å². The minimum Gasteiger partial charge on any atom is -0.391 e. The van der Waals surface area contributed by atoms with Gasteiger partial charge in [0.15, 0.2) is 0 Å². The fourth-order valence-electron chi connectivity index (χ4n) is 1.83. The molecule has 2 aromatic carbocycles. The van der Waals surface area contributed by atoms with Crippen molar-refractivity contribution >= 4 is 33.2 Å². The maximum absolute atomic E-state index is 12.1. The molecule has 0 saturated carbocycles. The van der Waals surface area contributed by atoms with Gasteiger partial charge in [0.05, 0.1) is 16.0 Å². The van der Waals surface area contributed by atoms with Crippen LogP contribution in [-0.2, 0) is 10.0 Å². The standard InChI is InChI=1S/C15H15N3O4S/c1-11-5-7-12(8-6-11)9-10-23(21,22)17-13-3-2-4-14(15(13)16)18(19)20/h2-10,17H,16H2,1H3. The Morgan fingerprint density at radius 1 is 1.17 bits per heavy atom. The Balaban J connectivity index is 2.23. The van der Waals surface area contributed by atoms with Crippen LogP contribution in [0.1, 0.15) is 11.1 Å². The topological polar surface area (TPSA) is 115 Å². The summed E-state index contributed by atoms with van der Waals surface area (Å²) in [4.78, 5) is 10.1. The molecule has 23 heavy (non-hydrogen) atoms. The lowest BCUT2D eigenvalue weighted by molar-refractivity contribution is -0.383. The molecule has 3 N–H and O–H groups in total. The molecule has 7 nitrogen and oxygen atoms in total. The third kappa shape index (κ3) is 4.30. The van der Waals surface area contributed by atoms with Crippen LogP contribution in [0.2, 0.25) is 0 Å². The number of nitrogen functional groups attached to an aromatic ring is 1. The Morgan fingerprint density at radius 3 is 2.43 bits per heavy atom. The smallest absolute Gasteiger partial charge is 0.294 e. The third-order valence-corrected chi connectivity index (χ3v) is 4.05. The largest absolute Gasteiger partial charge is 0.391 e. The van der Waals surface area contributed by atoms with E-state index < -0.39 is 14.9 Å². The number of hydrogen-bond acceptors (Lipinski definition) is 5. The molecule has 0 amide bonds. The van der Waals surface area contributed by atoms with E-state index in [4.69, 9.17) is 5.73 Å². The van der Waals surface area contributed by atoms with Crippen molar-refractivity contribution in [2.45, 2.75) is 6.92 Å². The maximum atomic E-state index is 12.1. The highest BCUT2D eigenvalue weighted by Crippen LogP contribution is 2.29. The summed E-state index contributed by atoms with van der Waals surface area (Å²) in [6, 6.07) is 11.2. The quantitative estimate of drug-likeness (QED) is 0.496. The number of nitrogens with two attached hydrogens (primary N) is 1. The van der Waals surface area contributed by atoms with Gasteiger partial charge in [-0.2, -0.15) is 0 Å². The van der Waals surface area contributed by atoms with Gasteiger partial charge in [0.2, 0.25) is 0 Å². The molecule has 2 aromatic rings. The molecule has 0 radical (unpaired) electrons. The monoisotopic (exact) mass is 333 g/mol. The fourth-order valence-corrected chi connectivity index (χ4v) is 2.72. The summed E-state index contributed by atoms with van der Waals surface area (Å²) >= 11 is 0. The van der Waals surface area contributed by atoms with Crippen LogP contribution in [0.3, 0.4) is 0 Å². The molecule has 0 aliphatic carbocycles. The van der Waals surface area contributed by atoms with Crippen molar-refractivity contribution < 1.29 is 13.3 Å². The SMILES string of the molecule is Cc1ccc(C=CS(=O)(=O)Nc2cccc([N+](=O)[O-])c2N)cc1. The normalized spacial score (nSPS) is 11.5. The molecule has 0 saturated heterocycles. The average molecular weight is 333 g/mol. The molecule has 0 unspecified atom stereocenters. The third-order valence-electron chi connectivity index (χ3n) is 3.05. The van der Waals surface area contributed by atoms with Crippen LogP contribution >= 0.6 is 0 Å². The molecular weight excluding hydrogens is 318 g/mol. The number of nitro groups is 1. The fraction of sp³-hybridized carbons (Fsp3) is 0.0667. The van der Waals surface area contributed by atoms with Gasteiger partial charge in [-0.25, -0.2) is 8.42 Å². The molecule has 0 aromatic heterocycles. The first-order valence-electron chi connectivity index (χ1n) is 6.59. The second kappa shape index (κ2) is 6.49. The summed E-state index contributed by atoms with van der Waals surface area (Å²) in [7, 11) is -3.84. The van der Waals surface area contributed by atoms with E-state index in [1.807, 2.05) is 19.1 Å². The highest BCUT2D eigenvalue weighted by molar-refractivity contribution is 7.95. The van der Waals surface area contributed by atoms with Crippen molar-refractivity contribution in [1.82, 2.24) is 0 Å². The Morgan fingerprint density at radius 2 is 1.83 bits per heavy atom. The molecule has 0 fully saturated rings. The van der Waals surface area contributed by atoms with Crippen molar-refractivity contribution in [2.24, 2.45) is 0 Å². The Kier molecular flexibility index (Phi) is 4.65. The lowest BCUT2D eigenvalue weighted by Crippen LogP contribution is -2.11. The first kappa shape index (κ1) is 16.5. The van der Waals surface area contributed by atoms with Crippen LogP contribution < -0.4 is 10.5 Å². The van der Waals surface area contributed by atoms with Crippen LogP contribution in [0.4, 0.5) is 17.1 Å². The number of sulfonamides is 1. The van der Waals surface area contributed by atoms with Crippen molar-refractivity contribution in [3.05, 3.63) is 69.1 Å². The molecular formula is C15H15N3O4S. The summed E-state index contributed by atoms with van der Waals surface area (Å²) in [5, 5.41) is 11.8. The molecule has 8 heteroatoms. The van der Waals surface area contributed by atoms with Crippen LogP contribution in [0, 0.1) is 17.0 Å². The van der Waals surface area contributed by atoms with Gasteiger partial charge in [-0.3, -0.25) is 14.8 Å². The van der Waals surface area contributed by atoms with Crippen LogP contribution in [0.5, 0.6) is 0 Å². The number of rotatable bonds is 5. The highest BCUT2D eigenvalue weighted by Gasteiger charge is 2.17. The maximum Gasteiger partial charge on any atom is 0.294 e. The van der Waals surface area contributed by atoms with Crippen molar-refractivity contribution in [2.75, 3.05) is 10.5 Å². The van der Waals surface area contributed by atoms with Crippen LogP contribution in [0.15, 0.2) is 47.9 Å². The van der Waals surface area contributed by atoms with Crippen LogP contribution in [-0.4, -0.2) is 13.3 Å². The first-order chi connectivity index (χ1) is 10.8. The summed E-state index contributed by atoms with van der Waals surface area (Å²) in [5.74, 6) is 0. The predicted molar refractivity (Wildman–Crippen MR) is 90.3 cm³/mol. The van der Waals surface area contributed by atoms with Gasteiger partial charge in [0, 0.05) is 6.07 Å². The Bertz CT molecular complexity index is 859. The van der Waals surface area contributed by atoms with Crippen molar-refractivity contribution in [1.29, 1.82) is 0 Å². The minimum atomic E-state index is -3.84. The molecule has 120 valence electrons. The minimum absolute atomic E-state index is 0.0345. The Labute approximate surface area is 133 Å². The van der Waals surface area contributed by atoms with Crippen molar-refractivity contribution in [3.63, 3.8) is 0 Å².